The fourth-order valence-corrected chi connectivity index (χ4v) is 2.20. The van der Waals surface area contributed by atoms with E-state index >= 15 is 0 Å². The van der Waals surface area contributed by atoms with Crippen LogP contribution in [0.3, 0.4) is 0 Å². The number of hydrogen-bond donors (Lipinski definition) is 2. The molecule has 0 amide bonds. The Morgan fingerprint density at radius 1 is 0.889 bits per heavy atom. The zero-order valence-electron chi connectivity index (χ0n) is 10.8. The van der Waals surface area contributed by atoms with E-state index in [9.17, 15) is 10.2 Å². The molecular formula is C16H18O2. The van der Waals surface area contributed by atoms with Gasteiger partial charge >= 0.3 is 0 Å². The summed E-state index contributed by atoms with van der Waals surface area (Å²) in [5.41, 5.74) is 3.56. The number of phenols is 2. The van der Waals surface area contributed by atoms with Gasteiger partial charge in [-0.15, -0.1) is 0 Å². The second kappa shape index (κ2) is 5.13. The van der Waals surface area contributed by atoms with E-state index in [4.69, 9.17) is 0 Å². The van der Waals surface area contributed by atoms with Gasteiger partial charge in [-0.1, -0.05) is 38.1 Å². The lowest BCUT2D eigenvalue weighted by atomic mass is 9.95. The standard InChI is InChI=1S/C16H18O2/c1-3-11-8-9-13(15(18)10-11)16-12(4-2)6-5-7-14(16)17/h5-10,17-18H,3-4H2,1-2H3. The highest BCUT2D eigenvalue weighted by molar-refractivity contribution is 5.78. The van der Waals surface area contributed by atoms with Crippen molar-refractivity contribution in [2.24, 2.45) is 0 Å². The van der Waals surface area contributed by atoms with E-state index in [1.54, 1.807) is 12.1 Å². The predicted molar refractivity (Wildman–Crippen MR) is 74.0 cm³/mol. The molecule has 2 nitrogen and oxygen atoms in total. The Labute approximate surface area is 108 Å². The van der Waals surface area contributed by atoms with Crippen LogP contribution < -0.4 is 0 Å². The van der Waals surface area contributed by atoms with Crippen LogP contribution in [-0.4, -0.2) is 10.2 Å². The molecule has 0 aromatic heterocycles. The van der Waals surface area contributed by atoms with Crippen LogP contribution in [-0.2, 0) is 12.8 Å². The van der Waals surface area contributed by atoms with E-state index in [1.807, 2.05) is 38.1 Å². The van der Waals surface area contributed by atoms with Crippen LogP contribution in [0.2, 0.25) is 0 Å². The van der Waals surface area contributed by atoms with Gasteiger partial charge in [0, 0.05) is 11.1 Å². The molecule has 0 aliphatic rings. The molecule has 0 atom stereocenters. The van der Waals surface area contributed by atoms with E-state index in [-0.39, 0.29) is 11.5 Å². The molecular weight excluding hydrogens is 224 g/mol. The first-order chi connectivity index (χ1) is 8.67. The minimum atomic E-state index is 0.217. The minimum absolute atomic E-state index is 0.217. The Hall–Kier alpha value is -1.96. The summed E-state index contributed by atoms with van der Waals surface area (Å²) in [6.45, 7) is 4.08. The van der Waals surface area contributed by atoms with Crippen molar-refractivity contribution in [3.63, 3.8) is 0 Å². The van der Waals surface area contributed by atoms with Gasteiger partial charge in [-0.25, -0.2) is 0 Å². The van der Waals surface area contributed by atoms with Crippen LogP contribution in [0, 0.1) is 0 Å². The van der Waals surface area contributed by atoms with Crippen molar-refractivity contribution in [1.82, 2.24) is 0 Å². The summed E-state index contributed by atoms with van der Waals surface area (Å²) < 4.78 is 0. The zero-order valence-corrected chi connectivity index (χ0v) is 10.8. The van der Waals surface area contributed by atoms with E-state index in [2.05, 4.69) is 0 Å². The number of hydrogen-bond acceptors (Lipinski definition) is 2. The van der Waals surface area contributed by atoms with E-state index in [0.29, 0.717) is 5.56 Å². The maximum absolute atomic E-state index is 10.1. The summed E-state index contributed by atoms with van der Waals surface area (Å²) in [4.78, 5) is 0. The third-order valence-corrected chi connectivity index (χ3v) is 3.25. The largest absolute Gasteiger partial charge is 0.507 e. The normalized spacial score (nSPS) is 10.6. The molecule has 0 aliphatic heterocycles. The van der Waals surface area contributed by atoms with Crippen molar-refractivity contribution in [3.05, 3.63) is 47.5 Å². The van der Waals surface area contributed by atoms with Gasteiger partial charge in [0.2, 0.25) is 0 Å². The van der Waals surface area contributed by atoms with Crippen molar-refractivity contribution in [3.8, 4) is 22.6 Å². The Morgan fingerprint density at radius 3 is 2.28 bits per heavy atom. The average Bonchev–Trinajstić information content (AvgIpc) is 2.39. The highest BCUT2D eigenvalue weighted by atomic mass is 16.3. The third-order valence-electron chi connectivity index (χ3n) is 3.25. The molecule has 2 aromatic rings. The number of phenolic OH excluding ortho intramolecular Hbond substituents is 2. The summed E-state index contributed by atoms with van der Waals surface area (Å²) in [5.74, 6) is 0.444. The maximum Gasteiger partial charge on any atom is 0.123 e. The lowest BCUT2D eigenvalue weighted by Gasteiger charge is -2.12. The molecule has 0 radical (unpaired) electrons. The van der Waals surface area contributed by atoms with Crippen LogP contribution in [0.1, 0.15) is 25.0 Å². The van der Waals surface area contributed by atoms with Gasteiger partial charge in [-0.2, -0.15) is 0 Å². The quantitative estimate of drug-likeness (QED) is 0.857. The first kappa shape index (κ1) is 12.5. The second-order valence-electron chi connectivity index (χ2n) is 4.37. The molecule has 0 saturated carbocycles. The number of rotatable bonds is 3. The van der Waals surface area contributed by atoms with Crippen molar-refractivity contribution < 1.29 is 10.2 Å². The van der Waals surface area contributed by atoms with Crippen LogP contribution in [0.25, 0.3) is 11.1 Å². The van der Waals surface area contributed by atoms with Crippen molar-refractivity contribution in [1.29, 1.82) is 0 Å². The van der Waals surface area contributed by atoms with E-state index in [1.165, 1.54) is 0 Å². The van der Waals surface area contributed by atoms with Gasteiger partial charge in [-0.05, 0) is 36.1 Å². The molecule has 18 heavy (non-hydrogen) atoms. The van der Waals surface area contributed by atoms with Crippen LogP contribution in [0.5, 0.6) is 11.5 Å². The summed E-state index contributed by atoms with van der Waals surface area (Å²) >= 11 is 0. The lowest BCUT2D eigenvalue weighted by molar-refractivity contribution is 0.468. The summed E-state index contributed by atoms with van der Waals surface area (Å²) in [7, 11) is 0. The molecule has 0 heterocycles. The smallest absolute Gasteiger partial charge is 0.123 e. The fourth-order valence-electron chi connectivity index (χ4n) is 2.20. The number of aryl methyl sites for hydroxylation is 2. The summed E-state index contributed by atoms with van der Waals surface area (Å²) in [6.07, 6.45) is 1.70. The molecule has 2 N–H and O–H groups in total. The lowest BCUT2D eigenvalue weighted by Crippen LogP contribution is -1.90. The molecule has 0 unspecified atom stereocenters. The van der Waals surface area contributed by atoms with Gasteiger partial charge < -0.3 is 10.2 Å². The van der Waals surface area contributed by atoms with E-state index < -0.39 is 0 Å². The number of aromatic hydroxyl groups is 2. The second-order valence-corrected chi connectivity index (χ2v) is 4.37. The van der Waals surface area contributed by atoms with Gasteiger partial charge in [0.25, 0.3) is 0 Å². The Kier molecular flexibility index (Phi) is 3.56. The first-order valence-corrected chi connectivity index (χ1v) is 6.30. The monoisotopic (exact) mass is 242 g/mol. The van der Waals surface area contributed by atoms with Crippen molar-refractivity contribution in [2.75, 3.05) is 0 Å². The molecule has 0 saturated heterocycles. The van der Waals surface area contributed by atoms with Gasteiger partial charge in [0.15, 0.2) is 0 Å². The molecule has 0 spiro atoms. The maximum atomic E-state index is 10.1. The minimum Gasteiger partial charge on any atom is -0.507 e. The van der Waals surface area contributed by atoms with E-state index in [0.717, 1.165) is 29.5 Å². The van der Waals surface area contributed by atoms with Gasteiger partial charge in [0.05, 0.1) is 0 Å². The van der Waals surface area contributed by atoms with Gasteiger partial charge in [-0.3, -0.25) is 0 Å². The first-order valence-electron chi connectivity index (χ1n) is 6.30. The molecule has 2 heteroatoms. The highest BCUT2D eigenvalue weighted by Crippen LogP contribution is 2.38. The predicted octanol–water partition coefficient (Wildman–Crippen LogP) is 3.89. The third kappa shape index (κ3) is 2.19. The van der Waals surface area contributed by atoms with Gasteiger partial charge in [0.1, 0.15) is 11.5 Å². The molecule has 0 aliphatic carbocycles. The molecule has 0 fully saturated rings. The zero-order chi connectivity index (χ0) is 13.1. The topological polar surface area (TPSA) is 40.5 Å². The Morgan fingerprint density at radius 2 is 1.67 bits per heavy atom. The highest BCUT2D eigenvalue weighted by Gasteiger charge is 2.13. The Balaban J connectivity index is 2.62. The summed E-state index contributed by atoms with van der Waals surface area (Å²) in [5, 5.41) is 20.1. The number of benzene rings is 2. The van der Waals surface area contributed by atoms with Crippen LogP contribution >= 0.6 is 0 Å². The SMILES string of the molecule is CCc1ccc(-c2c(O)cccc2CC)c(O)c1. The van der Waals surface area contributed by atoms with Crippen molar-refractivity contribution >= 4 is 0 Å². The fraction of sp³-hybridized carbons (Fsp3) is 0.250. The summed E-state index contributed by atoms with van der Waals surface area (Å²) in [6, 6.07) is 11.1. The van der Waals surface area contributed by atoms with Crippen molar-refractivity contribution in [2.45, 2.75) is 26.7 Å². The molecule has 2 aromatic carbocycles. The molecule has 2 rings (SSSR count). The molecule has 0 bridgehead atoms. The Bertz CT molecular complexity index is 559. The average molecular weight is 242 g/mol. The van der Waals surface area contributed by atoms with Crippen LogP contribution in [0.15, 0.2) is 36.4 Å². The molecule has 94 valence electrons. The van der Waals surface area contributed by atoms with Crippen LogP contribution in [0.4, 0.5) is 0 Å².